The van der Waals surface area contributed by atoms with Gasteiger partial charge in [-0.1, -0.05) is 35.5 Å². The van der Waals surface area contributed by atoms with Crippen LogP contribution >= 0.6 is 0 Å². The van der Waals surface area contributed by atoms with Crippen LogP contribution in [0.1, 0.15) is 26.0 Å². The molecule has 0 unspecified atom stereocenters. The summed E-state index contributed by atoms with van der Waals surface area (Å²) in [4.78, 5) is 12.2. The molecule has 1 atom stereocenters. The second-order valence-corrected chi connectivity index (χ2v) is 8.53. The Kier molecular flexibility index (Phi) is 5.62. The Balaban J connectivity index is 2.33. The first kappa shape index (κ1) is 19.1. The zero-order chi connectivity index (χ0) is 18.7. The normalized spacial score (nSPS) is 14.1. The van der Waals surface area contributed by atoms with Crippen LogP contribution in [-0.2, 0) is 25.9 Å². The molecule has 0 saturated carbocycles. The van der Waals surface area contributed by atoms with Crippen LogP contribution in [-0.4, -0.2) is 47.0 Å². The van der Waals surface area contributed by atoms with Crippen molar-refractivity contribution >= 4 is 15.8 Å². The number of ether oxygens (including phenoxy) is 1. The molecule has 0 aliphatic carbocycles. The zero-order valence-corrected chi connectivity index (χ0v) is 15.7. The van der Waals surface area contributed by atoms with Gasteiger partial charge in [-0.25, -0.2) is 13.1 Å². The average Bonchev–Trinajstić information content (AvgIpc) is 2.93. The van der Waals surface area contributed by atoms with E-state index >= 15 is 0 Å². The van der Waals surface area contributed by atoms with Crippen LogP contribution in [0.4, 0.5) is 0 Å². The zero-order valence-electron chi connectivity index (χ0n) is 14.9. The second kappa shape index (κ2) is 7.35. The Morgan fingerprint density at radius 2 is 1.92 bits per heavy atom. The first-order valence-corrected chi connectivity index (χ1v) is 9.92. The van der Waals surface area contributed by atoms with Crippen molar-refractivity contribution < 1.29 is 17.9 Å². The van der Waals surface area contributed by atoms with Gasteiger partial charge in [0.2, 0.25) is 0 Å². The Morgan fingerprint density at radius 3 is 2.48 bits per heavy atom. The number of carbonyl (C=O) groups is 1. The van der Waals surface area contributed by atoms with E-state index in [2.05, 4.69) is 10.3 Å². The van der Waals surface area contributed by atoms with Gasteiger partial charge in [0.1, 0.15) is 0 Å². The molecule has 136 valence electrons. The van der Waals surface area contributed by atoms with E-state index < -0.39 is 20.6 Å². The smallest absolute Gasteiger partial charge is 0.327 e. The second-order valence-electron chi connectivity index (χ2n) is 6.09. The van der Waals surface area contributed by atoms with Crippen molar-refractivity contribution in [3.8, 4) is 11.3 Å². The van der Waals surface area contributed by atoms with Crippen LogP contribution in [0.15, 0.2) is 30.3 Å². The predicted molar refractivity (Wildman–Crippen MR) is 94.7 cm³/mol. The molecular formula is C17H23N3O4S. The fourth-order valence-corrected chi connectivity index (χ4v) is 3.38. The summed E-state index contributed by atoms with van der Waals surface area (Å²) < 4.78 is 29.4. The van der Waals surface area contributed by atoms with Gasteiger partial charge in [-0.15, -0.1) is 5.10 Å². The molecule has 2 aromatic rings. The Hall–Kier alpha value is -2.22. The van der Waals surface area contributed by atoms with Crippen molar-refractivity contribution in [2.75, 3.05) is 12.9 Å². The van der Waals surface area contributed by atoms with Gasteiger partial charge in [-0.3, -0.25) is 4.79 Å². The summed E-state index contributed by atoms with van der Waals surface area (Å²) in [6, 6.07) is 9.59. The molecule has 1 aromatic carbocycles. The summed E-state index contributed by atoms with van der Waals surface area (Å²) in [6.45, 7) is 5.24. The van der Waals surface area contributed by atoms with Gasteiger partial charge < -0.3 is 4.74 Å². The maximum absolute atomic E-state index is 12.2. The van der Waals surface area contributed by atoms with Crippen molar-refractivity contribution in [1.29, 1.82) is 0 Å². The standard InChI is InChI=1S/C17H23N3O4S/c1-5-24-16(21)17(3,25(4,22)23)11-12-20-15(13(2)18-19-20)14-9-7-6-8-10-14/h6-10H,5,11-12H2,1-4H3/t17-/m1/s1. The Bertz CT molecular complexity index is 846. The van der Waals surface area contributed by atoms with Crippen molar-refractivity contribution in [2.24, 2.45) is 0 Å². The van der Waals surface area contributed by atoms with Crippen molar-refractivity contribution in [3.63, 3.8) is 0 Å². The first-order chi connectivity index (χ1) is 11.7. The summed E-state index contributed by atoms with van der Waals surface area (Å²) in [7, 11) is -3.66. The number of hydrogen-bond donors (Lipinski definition) is 0. The van der Waals surface area contributed by atoms with Gasteiger partial charge in [-0.2, -0.15) is 0 Å². The Labute approximate surface area is 147 Å². The minimum atomic E-state index is -3.66. The summed E-state index contributed by atoms with van der Waals surface area (Å²) in [6.07, 6.45) is 1.10. The minimum Gasteiger partial charge on any atom is -0.465 e. The fraction of sp³-hybridized carbons (Fsp3) is 0.471. The van der Waals surface area contributed by atoms with Gasteiger partial charge in [0.05, 0.1) is 18.0 Å². The third-order valence-electron chi connectivity index (χ3n) is 4.28. The highest BCUT2D eigenvalue weighted by atomic mass is 32.2. The number of esters is 1. The van der Waals surface area contributed by atoms with E-state index in [1.165, 1.54) is 6.92 Å². The SMILES string of the molecule is CCOC(=O)[C@@](C)(CCn1nnc(C)c1-c1ccccc1)S(C)(=O)=O. The predicted octanol–water partition coefficient (Wildman–Crippen LogP) is 2.01. The molecule has 2 rings (SSSR count). The molecule has 0 radical (unpaired) electrons. The van der Waals surface area contributed by atoms with E-state index in [0.29, 0.717) is 0 Å². The van der Waals surface area contributed by atoms with Gasteiger partial charge in [0, 0.05) is 18.4 Å². The monoisotopic (exact) mass is 365 g/mol. The molecule has 8 heteroatoms. The largest absolute Gasteiger partial charge is 0.465 e. The topological polar surface area (TPSA) is 91.2 Å². The third kappa shape index (κ3) is 3.89. The maximum Gasteiger partial charge on any atom is 0.327 e. The van der Waals surface area contributed by atoms with E-state index in [4.69, 9.17) is 4.74 Å². The third-order valence-corrected chi connectivity index (χ3v) is 6.28. The summed E-state index contributed by atoms with van der Waals surface area (Å²) in [5, 5.41) is 8.19. The average molecular weight is 365 g/mol. The number of hydrogen-bond acceptors (Lipinski definition) is 6. The molecule has 0 saturated heterocycles. The van der Waals surface area contributed by atoms with Crippen LogP contribution in [0.2, 0.25) is 0 Å². The molecular weight excluding hydrogens is 342 g/mol. The molecule has 0 amide bonds. The minimum absolute atomic E-state index is 0.0489. The lowest BCUT2D eigenvalue weighted by Gasteiger charge is -2.25. The highest BCUT2D eigenvalue weighted by Crippen LogP contribution is 2.26. The number of sulfone groups is 1. The lowest BCUT2D eigenvalue weighted by atomic mass is 10.1. The molecule has 0 bridgehead atoms. The highest BCUT2D eigenvalue weighted by Gasteiger charge is 2.44. The lowest BCUT2D eigenvalue weighted by molar-refractivity contribution is -0.146. The van der Waals surface area contributed by atoms with Crippen LogP contribution in [0, 0.1) is 6.92 Å². The molecule has 25 heavy (non-hydrogen) atoms. The molecule has 0 spiro atoms. The number of benzene rings is 1. The molecule has 0 aliphatic heterocycles. The van der Waals surface area contributed by atoms with E-state index in [0.717, 1.165) is 23.2 Å². The fourth-order valence-electron chi connectivity index (χ4n) is 2.55. The summed E-state index contributed by atoms with van der Waals surface area (Å²) in [5.74, 6) is -0.740. The quantitative estimate of drug-likeness (QED) is 0.697. The molecule has 1 aromatic heterocycles. The van der Waals surface area contributed by atoms with Crippen molar-refractivity contribution in [1.82, 2.24) is 15.0 Å². The summed E-state index contributed by atoms with van der Waals surface area (Å²) >= 11 is 0. The van der Waals surface area contributed by atoms with E-state index in [1.54, 1.807) is 11.6 Å². The van der Waals surface area contributed by atoms with E-state index in [1.807, 2.05) is 37.3 Å². The number of aromatic nitrogens is 3. The van der Waals surface area contributed by atoms with Crippen LogP contribution in [0.25, 0.3) is 11.3 Å². The number of carbonyl (C=O) groups excluding carboxylic acids is 1. The first-order valence-electron chi connectivity index (χ1n) is 8.03. The maximum atomic E-state index is 12.2. The Morgan fingerprint density at radius 1 is 1.28 bits per heavy atom. The van der Waals surface area contributed by atoms with Gasteiger partial charge in [0.25, 0.3) is 0 Å². The molecule has 7 nitrogen and oxygen atoms in total. The number of rotatable bonds is 7. The number of nitrogens with zero attached hydrogens (tertiary/aromatic N) is 3. The molecule has 0 fully saturated rings. The van der Waals surface area contributed by atoms with Crippen LogP contribution in [0.3, 0.4) is 0 Å². The van der Waals surface area contributed by atoms with Crippen molar-refractivity contribution in [2.45, 2.75) is 38.5 Å². The van der Waals surface area contributed by atoms with Crippen LogP contribution in [0.5, 0.6) is 0 Å². The molecule has 0 aliphatic rings. The lowest BCUT2D eigenvalue weighted by Crippen LogP contribution is -2.45. The highest BCUT2D eigenvalue weighted by molar-refractivity contribution is 7.92. The van der Waals surface area contributed by atoms with E-state index in [9.17, 15) is 13.2 Å². The van der Waals surface area contributed by atoms with Crippen molar-refractivity contribution in [3.05, 3.63) is 36.0 Å². The van der Waals surface area contributed by atoms with E-state index in [-0.39, 0.29) is 19.6 Å². The number of aryl methyl sites for hydroxylation is 2. The molecule has 1 heterocycles. The van der Waals surface area contributed by atoms with Gasteiger partial charge in [0.15, 0.2) is 14.6 Å². The molecule has 0 N–H and O–H groups in total. The van der Waals surface area contributed by atoms with Gasteiger partial charge >= 0.3 is 5.97 Å². The summed E-state index contributed by atoms with van der Waals surface area (Å²) in [5.41, 5.74) is 2.48. The van der Waals surface area contributed by atoms with Gasteiger partial charge in [-0.05, 0) is 27.2 Å². The van der Waals surface area contributed by atoms with Crippen LogP contribution < -0.4 is 0 Å².